The molecule has 2 aromatic heterocycles. The molecular formula is C40H49F3N7O8P. The van der Waals surface area contributed by atoms with Crippen molar-refractivity contribution in [3.05, 3.63) is 78.1 Å². The second kappa shape index (κ2) is 20.7. The first kappa shape index (κ1) is 44.9. The highest BCUT2D eigenvalue weighted by Crippen LogP contribution is 2.49. The van der Waals surface area contributed by atoms with Gasteiger partial charge in [0.05, 0.1) is 12.9 Å². The maximum Gasteiger partial charge on any atom is 0.459 e. The number of benzene rings is 2. The third-order valence-electron chi connectivity index (χ3n) is 9.80. The highest BCUT2D eigenvalue weighted by atomic mass is 31.2. The Kier molecular flexibility index (Phi) is 15.7. The number of carbonyl (C=O) groups is 2. The first-order chi connectivity index (χ1) is 28.3. The Morgan fingerprint density at radius 3 is 2.49 bits per heavy atom. The van der Waals surface area contributed by atoms with Crippen LogP contribution in [0.15, 0.2) is 54.9 Å². The molecule has 1 fully saturated rings. The van der Waals surface area contributed by atoms with Crippen LogP contribution in [0.1, 0.15) is 77.5 Å². The molecular weight excluding hydrogens is 794 g/mol. The van der Waals surface area contributed by atoms with Crippen LogP contribution in [0.3, 0.4) is 0 Å². The molecule has 1 aliphatic rings. The van der Waals surface area contributed by atoms with Crippen LogP contribution in [0, 0.1) is 36.0 Å². The number of hydrogen-bond donors (Lipinski definition) is 3. The summed E-state index contributed by atoms with van der Waals surface area (Å²) < 4.78 is 89.1. The van der Waals surface area contributed by atoms with Gasteiger partial charge in [-0.3, -0.25) is 13.9 Å². The van der Waals surface area contributed by atoms with E-state index in [9.17, 15) is 27.3 Å². The number of rotatable bonds is 21. The molecule has 3 heterocycles. The molecule has 1 amide bonds. The summed E-state index contributed by atoms with van der Waals surface area (Å²) in [6, 6.07) is 9.03. The van der Waals surface area contributed by atoms with E-state index < -0.39 is 74.5 Å². The van der Waals surface area contributed by atoms with Crippen molar-refractivity contribution in [1.29, 1.82) is 0 Å². The van der Waals surface area contributed by atoms with Gasteiger partial charge in [0, 0.05) is 19.0 Å². The van der Waals surface area contributed by atoms with Crippen LogP contribution in [0.2, 0.25) is 0 Å². The van der Waals surface area contributed by atoms with Crippen molar-refractivity contribution in [2.45, 2.75) is 96.1 Å². The minimum absolute atomic E-state index is 0.00951. The fraction of sp³-hybridized carbons (Fsp3) is 0.475. The van der Waals surface area contributed by atoms with Gasteiger partial charge >= 0.3 is 25.9 Å². The maximum atomic E-state index is 15.0. The van der Waals surface area contributed by atoms with Crippen LogP contribution in [-0.2, 0) is 34.5 Å². The number of para-hydroxylation sites is 1. The number of nitrogens with two attached hydrogens (primary N) is 1. The molecule has 0 unspecified atom stereocenters. The summed E-state index contributed by atoms with van der Waals surface area (Å²) in [5.74, 6) is -0.377. The molecule has 15 nitrogen and oxygen atoms in total. The quantitative estimate of drug-likeness (QED) is 0.0252. The van der Waals surface area contributed by atoms with E-state index in [-0.39, 0.29) is 47.2 Å². The average Bonchev–Trinajstić information content (AvgIpc) is 3.79. The standard InChI is InChI=1S/C40H49F3N7O8P/c1-5-9-10-14-17-45-39(52)56-32-22-33(50-25-46-34-35(44)47-38(43)48-36(34)50)57-40(32,8-4)24-55-59(53,58-30-15-12-11-13-16-30)49-31(37(51)54-23-26(6-2)7-3)20-27-18-28(41)21-29(42)19-27/h4,11-13,15-16,18-19,21,25-26,31-33H,5-7,9-10,14,17,20,22-24H2,1-3H3,(H,45,52)(H,49,53)(H2,44,47,48)/t31-,32-,33+,40+,59-/m0/s1. The Morgan fingerprint density at radius 2 is 1.81 bits per heavy atom. The molecule has 4 aromatic rings. The van der Waals surface area contributed by atoms with Gasteiger partial charge in [0.25, 0.3) is 0 Å². The Hall–Kier alpha value is -5.21. The Labute approximate surface area is 340 Å². The van der Waals surface area contributed by atoms with Gasteiger partial charge in [-0.2, -0.15) is 19.4 Å². The van der Waals surface area contributed by atoms with E-state index in [1.807, 2.05) is 13.8 Å². The first-order valence-electron chi connectivity index (χ1n) is 19.4. The maximum absolute atomic E-state index is 15.0. The number of nitrogens with one attached hydrogen (secondary N) is 2. The van der Waals surface area contributed by atoms with Gasteiger partial charge in [-0.1, -0.05) is 77.0 Å². The molecule has 318 valence electrons. The number of alkyl carbamates (subject to hydrolysis) is 1. The lowest BCUT2D eigenvalue weighted by atomic mass is 9.98. The zero-order valence-corrected chi connectivity index (χ0v) is 34.0. The van der Waals surface area contributed by atoms with E-state index in [4.69, 9.17) is 35.4 Å². The van der Waals surface area contributed by atoms with Gasteiger partial charge in [-0.05, 0) is 48.6 Å². The minimum Gasteiger partial charge on any atom is -0.464 e. The second-order valence-electron chi connectivity index (χ2n) is 14.1. The van der Waals surface area contributed by atoms with Gasteiger partial charge in [-0.25, -0.2) is 23.1 Å². The number of fused-ring (bicyclic) bond motifs is 1. The molecule has 0 bridgehead atoms. The molecule has 59 heavy (non-hydrogen) atoms. The largest absolute Gasteiger partial charge is 0.464 e. The molecule has 2 aromatic carbocycles. The van der Waals surface area contributed by atoms with Crippen LogP contribution in [0.25, 0.3) is 11.2 Å². The SMILES string of the molecule is C#C[C@]1(CO[P@@](=O)(N[C@@H](Cc2cc(F)cc(F)c2)C(=O)OCC(CC)CC)Oc2ccccc2)O[C@@H](n2cnc3c(N)nc(F)nc32)C[C@@H]1OC(=O)NCCCCCC. The molecule has 0 aliphatic carbocycles. The van der Waals surface area contributed by atoms with Gasteiger partial charge in [0.15, 0.2) is 28.7 Å². The summed E-state index contributed by atoms with van der Waals surface area (Å²) in [7, 11) is -4.78. The number of halogens is 3. The zero-order valence-electron chi connectivity index (χ0n) is 33.1. The zero-order chi connectivity index (χ0) is 42.6. The normalized spacial score (nSPS) is 19.2. The first-order valence-corrected chi connectivity index (χ1v) is 21.0. The second-order valence-corrected chi connectivity index (χ2v) is 15.8. The van der Waals surface area contributed by atoms with Gasteiger partial charge in [-0.15, -0.1) is 6.42 Å². The van der Waals surface area contributed by atoms with Crippen LogP contribution in [0.5, 0.6) is 5.75 Å². The van der Waals surface area contributed by atoms with E-state index in [0.717, 1.165) is 31.4 Å². The van der Waals surface area contributed by atoms with E-state index in [1.165, 1.54) is 23.0 Å². The molecule has 1 saturated heterocycles. The number of imidazole rings is 1. The van der Waals surface area contributed by atoms with Gasteiger partial charge in [0.2, 0.25) is 0 Å². The Bertz CT molecular complexity index is 2120. The highest BCUT2D eigenvalue weighted by Gasteiger charge is 2.53. The molecule has 4 N–H and O–H groups in total. The number of anilines is 1. The van der Waals surface area contributed by atoms with Crippen molar-refractivity contribution in [2.75, 3.05) is 25.5 Å². The molecule has 19 heteroatoms. The number of unbranched alkanes of at least 4 members (excludes halogenated alkanes) is 3. The van der Waals surface area contributed by atoms with E-state index in [1.54, 1.807) is 18.2 Å². The van der Waals surface area contributed by atoms with E-state index in [2.05, 4.69) is 38.2 Å². The molecule has 0 saturated carbocycles. The van der Waals surface area contributed by atoms with Crippen molar-refractivity contribution >= 4 is 36.8 Å². The lowest BCUT2D eigenvalue weighted by Gasteiger charge is -2.31. The monoisotopic (exact) mass is 843 g/mol. The number of aromatic nitrogens is 4. The number of hydrogen-bond acceptors (Lipinski definition) is 12. The third-order valence-corrected chi connectivity index (χ3v) is 11.3. The average molecular weight is 844 g/mol. The Morgan fingerprint density at radius 1 is 1.08 bits per heavy atom. The number of ether oxygens (including phenoxy) is 3. The van der Waals surface area contributed by atoms with Gasteiger partial charge < -0.3 is 29.8 Å². The fourth-order valence-corrected chi connectivity index (χ4v) is 7.96. The summed E-state index contributed by atoms with van der Waals surface area (Å²) in [5, 5.41) is 5.33. The predicted octanol–water partition coefficient (Wildman–Crippen LogP) is 7.18. The third kappa shape index (κ3) is 11.9. The van der Waals surface area contributed by atoms with Crippen molar-refractivity contribution in [1.82, 2.24) is 29.9 Å². The van der Waals surface area contributed by atoms with E-state index >= 15 is 0 Å². The number of nitrogen functional groups attached to an aromatic ring is 1. The van der Waals surface area contributed by atoms with Crippen LogP contribution in [-0.4, -0.2) is 69.1 Å². The molecule has 5 rings (SSSR count). The van der Waals surface area contributed by atoms with Crippen molar-refractivity contribution in [3.63, 3.8) is 0 Å². The molecule has 1 aliphatic heterocycles. The van der Waals surface area contributed by atoms with Crippen LogP contribution < -0.4 is 20.7 Å². The van der Waals surface area contributed by atoms with Gasteiger partial charge in [0.1, 0.15) is 36.3 Å². The molecule has 5 atom stereocenters. The van der Waals surface area contributed by atoms with Crippen molar-refractivity contribution in [2.24, 2.45) is 5.92 Å². The number of terminal acetylenes is 1. The summed E-state index contributed by atoms with van der Waals surface area (Å²) in [5.41, 5.74) is 3.94. The van der Waals surface area contributed by atoms with Crippen molar-refractivity contribution in [3.8, 4) is 18.1 Å². The predicted molar refractivity (Wildman–Crippen MR) is 211 cm³/mol. The lowest BCUT2D eigenvalue weighted by Crippen LogP contribution is -2.47. The van der Waals surface area contributed by atoms with E-state index in [0.29, 0.717) is 31.9 Å². The molecule has 0 radical (unpaired) electrons. The lowest BCUT2D eigenvalue weighted by molar-refractivity contribution is -0.147. The summed E-state index contributed by atoms with van der Waals surface area (Å²) >= 11 is 0. The number of nitrogens with zero attached hydrogens (tertiary/aromatic N) is 4. The summed E-state index contributed by atoms with van der Waals surface area (Å²) in [4.78, 5) is 38.4. The van der Waals surface area contributed by atoms with Crippen LogP contribution in [0.4, 0.5) is 23.8 Å². The summed E-state index contributed by atoms with van der Waals surface area (Å²) in [6.07, 6.45) is 7.44. The number of carbonyl (C=O) groups excluding carboxylic acids is 2. The smallest absolute Gasteiger partial charge is 0.459 e. The Balaban J connectivity index is 1.48. The number of amides is 1. The van der Waals surface area contributed by atoms with Crippen molar-refractivity contribution < 1.29 is 50.6 Å². The number of esters is 1. The topological polar surface area (TPSA) is 191 Å². The summed E-state index contributed by atoms with van der Waals surface area (Å²) in [6.45, 7) is 5.48. The molecule has 0 spiro atoms. The highest BCUT2D eigenvalue weighted by molar-refractivity contribution is 7.52. The fourth-order valence-electron chi connectivity index (χ4n) is 6.44. The van der Waals surface area contributed by atoms with Crippen LogP contribution >= 0.6 is 7.75 Å². The minimum atomic E-state index is -4.78.